The number of hydrogen-bond donors (Lipinski definition) is 2. The van der Waals surface area contributed by atoms with Gasteiger partial charge in [-0.2, -0.15) is 0 Å². The summed E-state index contributed by atoms with van der Waals surface area (Å²) in [6.07, 6.45) is 0. The lowest BCUT2D eigenvalue weighted by molar-refractivity contribution is 0.186. The van der Waals surface area contributed by atoms with Crippen LogP contribution in [0, 0.1) is 11.8 Å². The number of rotatable bonds is 6. The van der Waals surface area contributed by atoms with Crippen LogP contribution in [0.5, 0.6) is 0 Å². The van der Waals surface area contributed by atoms with Crippen molar-refractivity contribution < 1.29 is 5.11 Å². The molecule has 2 N–H and O–H groups in total. The molecule has 19 heavy (non-hydrogen) atoms. The average Bonchev–Trinajstić information content (AvgIpc) is 2.43. The third-order valence-electron chi connectivity index (χ3n) is 3.78. The smallest absolute Gasteiger partial charge is 0.0473 e. The van der Waals surface area contributed by atoms with Gasteiger partial charge >= 0.3 is 0 Å². The van der Waals surface area contributed by atoms with Gasteiger partial charge in [-0.05, 0) is 28.2 Å². The van der Waals surface area contributed by atoms with Crippen molar-refractivity contribution in [2.45, 2.75) is 20.4 Å². The minimum absolute atomic E-state index is 0.250. The van der Waals surface area contributed by atoms with Crippen molar-refractivity contribution in [3.05, 3.63) is 48.0 Å². The van der Waals surface area contributed by atoms with E-state index in [0.717, 1.165) is 13.1 Å². The lowest BCUT2D eigenvalue weighted by atomic mass is 9.96. The van der Waals surface area contributed by atoms with Gasteiger partial charge in [0.25, 0.3) is 0 Å². The molecule has 0 heterocycles. The minimum Gasteiger partial charge on any atom is -0.396 e. The fourth-order valence-corrected chi connectivity index (χ4v) is 2.35. The van der Waals surface area contributed by atoms with Gasteiger partial charge in [0, 0.05) is 19.7 Å². The maximum absolute atomic E-state index is 9.33. The highest BCUT2D eigenvalue weighted by molar-refractivity contribution is 5.85. The maximum atomic E-state index is 9.33. The van der Waals surface area contributed by atoms with Gasteiger partial charge < -0.3 is 10.4 Å². The Morgan fingerprint density at radius 3 is 2.53 bits per heavy atom. The summed E-state index contributed by atoms with van der Waals surface area (Å²) in [6.45, 7) is 6.27. The molecule has 1 unspecified atom stereocenters. The zero-order valence-electron chi connectivity index (χ0n) is 11.8. The molecule has 102 valence electrons. The van der Waals surface area contributed by atoms with Crippen LogP contribution in [0.3, 0.4) is 0 Å². The van der Waals surface area contributed by atoms with Crippen LogP contribution in [0.1, 0.15) is 19.4 Å². The molecule has 0 bridgehead atoms. The molecule has 0 spiro atoms. The first-order chi connectivity index (χ1) is 9.22. The van der Waals surface area contributed by atoms with E-state index in [1.807, 2.05) is 0 Å². The van der Waals surface area contributed by atoms with Crippen molar-refractivity contribution in [1.82, 2.24) is 5.32 Å². The average molecular weight is 257 g/mol. The Balaban J connectivity index is 2.02. The van der Waals surface area contributed by atoms with Crippen molar-refractivity contribution >= 4 is 10.8 Å². The molecule has 0 fully saturated rings. The molecule has 2 aromatic rings. The first-order valence-electron chi connectivity index (χ1n) is 7.00. The largest absolute Gasteiger partial charge is 0.396 e. The van der Waals surface area contributed by atoms with Gasteiger partial charge in [0.1, 0.15) is 0 Å². The van der Waals surface area contributed by atoms with E-state index in [1.54, 1.807) is 0 Å². The summed E-state index contributed by atoms with van der Waals surface area (Å²) in [5.41, 5.74) is 1.32. The molecule has 0 aromatic heterocycles. The lowest BCUT2D eigenvalue weighted by Gasteiger charge is -2.19. The predicted octanol–water partition coefficient (Wildman–Crippen LogP) is 3.19. The number of aliphatic hydroxyl groups is 1. The Morgan fingerprint density at radius 1 is 1.05 bits per heavy atom. The number of fused-ring (bicyclic) bond motifs is 1. The molecule has 2 heteroatoms. The zero-order valence-corrected chi connectivity index (χ0v) is 11.8. The molecule has 2 rings (SSSR count). The highest BCUT2D eigenvalue weighted by atomic mass is 16.3. The highest BCUT2D eigenvalue weighted by Crippen LogP contribution is 2.18. The molecule has 2 nitrogen and oxygen atoms in total. The number of benzene rings is 2. The molecule has 2 aromatic carbocycles. The van der Waals surface area contributed by atoms with Crippen LogP contribution in [-0.2, 0) is 6.54 Å². The van der Waals surface area contributed by atoms with Gasteiger partial charge in [0.15, 0.2) is 0 Å². The standard InChI is InChI=1S/C17H23NO/c1-13(2)16(12-19)11-18-10-15-8-5-7-14-6-3-4-9-17(14)15/h3-9,13,16,18-19H,10-12H2,1-2H3. The van der Waals surface area contributed by atoms with E-state index in [-0.39, 0.29) is 6.61 Å². The van der Waals surface area contributed by atoms with E-state index in [0.29, 0.717) is 11.8 Å². The Bertz CT molecular complexity index is 516. The summed E-state index contributed by atoms with van der Waals surface area (Å²) in [7, 11) is 0. The summed E-state index contributed by atoms with van der Waals surface area (Å²) in [6, 6.07) is 14.9. The molecule has 0 saturated carbocycles. The van der Waals surface area contributed by atoms with Crippen LogP contribution in [-0.4, -0.2) is 18.3 Å². The van der Waals surface area contributed by atoms with Gasteiger partial charge in [-0.1, -0.05) is 56.3 Å². The van der Waals surface area contributed by atoms with E-state index in [1.165, 1.54) is 16.3 Å². The number of hydrogen-bond acceptors (Lipinski definition) is 2. The summed E-state index contributed by atoms with van der Waals surface area (Å²) in [5, 5.41) is 15.4. The van der Waals surface area contributed by atoms with Gasteiger partial charge in [-0.15, -0.1) is 0 Å². The van der Waals surface area contributed by atoms with Gasteiger partial charge in [-0.3, -0.25) is 0 Å². The summed E-state index contributed by atoms with van der Waals surface area (Å²) < 4.78 is 0. The normalized spacial score (nSPS) is 13.1. The second-order valence-corrected chi connectivity index (χ2v) is 5.46. The van der Waals surface area contributed by atoms with E-state index in [2.05, 4.69) is 61.6 Å². The predicted molar refractivity (Wildman–Crippen MR) is 81.1 cm³/mol. The Kier molecular flexibility index (Phi) is 4.94. The number of aliphatic hydroxyl groups excluding tert-OH is 1. The van der Waals surface area contributed by atoms with Crippen LogP contribution in [0.15, 0.2) is 42.5 Å². The van der Waals surface area contributed by atoms with Crippen molar-refractivity contribution in [2.75, 3.05) is 13.2 Å². The minimum atomic E-state index is 0.250. The zero-order chi connectivity index (χ0) is 13.7. The molecular formula is C17H23NO. The molecule has 0 amide bonds. The summed E-state index contributed by atoms with van der Waals surface area (Å²) in [5.74, 6) is 0.833. The molecule has 0 aliphatic carbocycles. The third-order valence-corrected chi connectivity index (χ3v) is 3.78. The first-order valence-corrected chi connectivity index (χ1v) is 7.00. The van der Waals surface area contributed by atoms with E-state index >= 15 is 0 Å². The van der Waals surface area contributed by atoms with Crippen LogP contribution < -0.4 is 5.32 Å². The van der Waals surface area contributed by atoms with Crippen LogP contribution in [0.4, 0.5) is 0 Å². The second kappa shape index (κ2) is 6.69. The Hall–Kier alpha value is -1.38. The van der Waals surface area contributed by atoms with E-state index < -0.39 is 0 Å². The fraction of sp³-hybridized carbons (Fsp3) is 0.412. The van der Waals surface area contributed by atoms with Crippen molar-refractivity contribution in [1.29, 1.82) is 0 Å². The van der Waals surface area contributed by atoms with Gasteiger partial charge in [-0.25, -0.2) is 0 Å². The monoisotopic (exact) mass is 257 g/mol. The van der Waals surface area contributed by atoms with E-state index in [9.17, 15) is 5.11 Å². The molecule has 0 radical (unpaired) electrons. The van der Waals surface area contributed by atoms with Gasteiger partial charge in [0.05, 0.1) is 0 Å². The topological polar surface area (TPSA) is 32.3 Å². The fourth-order valence-electron chi connectivity index (χ4n) is 2.35. The molecule has 0 aliphatic rings. The van der Waals surface area contributed by atoms with Crippen molar-refractivity contribution in [3.63, 3.8) is 0 Å². The third kappa shape index (κ3) is 3.55. The van der Waals surface area contributed by atoms with Crippen molar-refractivity contribution in [3.8, 4) is 0 Å². The molecule has 0 saturated heterocycles. The van der Waals surface area contributed by atoms with Crippen molar-refractivity contribution in [2.24, 2.45) is 11.8 Å². The second-order valence-electron chi connectivity index (χ2n) is 5.46. The summed E-state index contributed by atoms with van der Waals surface area (Å²) >= 11 is 0. The quantitative estimate of drug-likeness (QED) is 0.833. The molecular weight excluding hydrogens is 234 g/mol. The lowest BCUT2D eigenvalue weighted by Crippen LogP contribution is -2.28. The Morgan fingerprint density at radius 2 is 1.79 bits per heavy atom. The highest BCUT2D eigenvalue weighted by Gasteiger charge is 2.11. The van der Waals surface area contributed by atoms with Crippen LogP contribution in [0.25, 0.3) is 10.8 Å². The molecule has 1 atom stereocenters. The van der Waals surface area contributed by atoms with Crippen LogP contribution in [0.2, 0.25) is 0 Å². The van der Waals surface area contributed by atoms with Gasteiger partial charge in [0.2, 0.25) is 0 Å². The van der Waals surface area contributed by atoms with E-state index in [4.69, 9.17) is 0 Å². The maximum Gasteiger partial charge on any atom is 0.0473 e. The first kappa shape index (κ1) is 14.0. The Labute approximate surface area is 115 Å². The SMILES string of the molecule is CC(C)C(CO)CNCc1cccc2ccccc12. The number of nitrogens with one attached hydrogen (secondary N) is 1. The van der Waals surface area contributed by atoms with Crippen LogP contribution >= 0.6 is 0 Å². The molecule has 0 aliphatic heterocycles. The summed E-state index contributed by atoms with van der Waals surface area (Å²) in [4.78, 5) is 0.